The second kappa shape index (κ2) is 5.54. The molecule has 1 atom stereocenters. The molecule has 4 heteroatoms. The van der Waals surface area contributed by atoms with E-state index in [2.05, 4.69) is 27.5 Å². The molecule has 4 nitrogen and oxygen atoms in total. The highest BCUT2D eigenvalue weighted by Gasteiger charge is 2.01. The first-order valence-electron chi connectivity index (χ1n) is 4.90. The van der Waals surface area contributed by atoms with Crippen LogP contribution >= 0.6 is 0 Å². The van der Waals surface area contributed by atoms with E-state index in [1.54, 1.807) is 6.20 Å². The van der Waals surface area contributed by atoms with Crippen molar-refractivity contribution >= 4 is 5.95 Å². The fraction of sp³-hybridized carbons (Fsp3) is 0.600. The van der Waals surface area contributed by atoms with Crippen LogP contribution in [0.2, 0.25) is 0 Å². The Hall–Kier alpha value is -1.16. The summed E-state index contributed by atoms with van der Waals surface area (Å²) in [7, 11) is 1.96. The number of rotatable bonds is 5. The lowest BCUT2D eigenvalue weighted by molar-refractivity contribution is 0.568. The van der Waals surface area contributed by atoms with Crippen molar-refractivity contribution in [3.8, 4) is 0 Å². The van der Waals surface area contributed by atoms with E-state index in [0.717, 1.165) is 18.8 Å². The summed E-state index contributed by atoms with van der Waals surface area (Å²) in [5.41, 5.74) is 0.990. The lowest BCUT2D eigenvalue weighted by atomic mass is 10.2. The molecule has 0 amide bonds. The number of anilines is 1. The Morgan fingerprint density at radius 2 is 2.21 bits per heavy atom. The average molecular weight is 194 g/mol. The summed E-state index contributed by atoms with van der Waals surface area (Å²) in [6.07, 6.45) is 1.77. The molecule has 1 unspecified atom stereocenters. The molecule has 0 aliphatic rings. The maximum absolute atomic E-state index is 4.26. The van der Waals surface area contributed by atoms with Gasteiger partial charge in [-0.3, -0.25) is 0 Å². The molecular weight excluding hydrogens is 176 g/mol. The van der Waals surface area contributed by atoms with Gasteiger partial charge in [0.15, 0.2) is 0 Å². The van der Waals surface area contributed by atoms with Gasteiger partial charge in [-0.05, 0) is 32.5 Å². The summed E-state index contributed by atoms with van der Waals surface area (Å²) in [6, 6.07) is 1.89. The minimum absolute atomic E-state index is 0.573. The van der Waals surface area contributed by atoms with E-state index in [-0.39, 0.29) is 0 Å². The van der Waals surface area contributed by atoms with Crippen LogP contribution in [0, 0.1) is 12.8 Å². The molecular formula is C10H18N4. The normalized spacial score (nSPS) is 12.5. The van der Waals surface area contributed by atoms with Gasteiger partial charge in [0.1, 0.15) is 0 Å². The standard InChI is InChI=1S/C10H18N4/c1-8(6-11-3)7-13-10-12-5-4-9(2)14-10/h4-5,8,11H,6-7H2,1-3H3,(H,12,13,14). The smallest absolute Gasteiger partial charge is 0.222 e. The lowest BCUT2D eigenvalue weighted by Crippen LogP contribution is -2.23. The van der Waals surface area contributed by atoms with Crippen LogP contribution in [0.1, 0.15) is 12.6 Å². The predicted molar refractivity (Wildman–Crippen MR) is 58.3 cm³/mol. The molecule has 78 valence electrons. The monoisotopic (exact) mass is 194 g/mol. The van der Waals surface area contributed by atoms with Crippen LogP contribution in [0.4, 0.5) is 5.95 Å². The van der Waals surface area contributed by atoms with Crippen molar-refractivity contribution in [3.63, 3.8) is 0 Å². The first-order valence-corrected chi connectivity index (χ1v) is 4.90. The minimum atomic E-state index is 0.573. The average Bonchev–Trinajstić information content (AvgIpc) is 2.15. The van der Waals surface area contributed by atoms with E-state index in [9.17, 15) is 0 Å². The number of aryl methyl sites for hydroxylation is 1. The first-order chi connectivity index (χ1) is 6.72. The van der Waals surface area contributed by atoms with Gasteiger partial charge in [0.2, 0.25) is 5.95 Å². The predicted octanol–water partition coefficient (Wildman–Crippen LogP) is 1.05. The highest BCUT2D eigenvalue weighted by atomic mass is 15.1. The zero-order valence-electron chi connectivity index (χ0n) is 9.04. The number of aromatic nitrogens is 2. The molecule has 0 saturated heterocycles. The molecule has 14 heavy (non-hydrogen) atoms. The molecule has 0 saturated carbocycles. The van der Waals surface area contributed by atoms with E-state index in [1.807, 2.05) is 20.0 Å². The van der Waals surface area contributed by atoms with Gasteiger partial charge in [-0.15, -0.1) is 0 Å². The number of nitrogens with one attached hydrogen (secondary N) is 2. The molecule has 0 radical (unpaired) electrons. The molecule has 1 rings (SSSR count). The summed E-state index contributed by atoms with van der Waals surface area (Å²) in [5, 5.41) is 6.34. The van der Waals surface area contributed by atoms with E-state index < -0.39 is 0 Å². The SMILES string of the molecule is CNCC(C)CNc1nccc(C)n1. The molecule has 0 aliphatic heterocycles. The molecule has 0 aliphatic carbocycles. The quantitative estimate of drug-likeness (QED) is 0.735. The van der Waals surface area contributed by atoms with Gasteiger partial charge in [0.25, 0.3) is 0 Å². The Labute approximate surface area is 85.2 Å². The van der Waals surface area contributed by atoms with Crippen molar-refractivity contribution in [2.45, 2.75) is 13.8 Å². The molecule has 0 fully saturated rings. The minimum Gasteiger partial charge on any atom is -0.354 e. The fourth-order valence-corrected chi connectivity index (χ4v) is 1.22. The van der Waals surface area contributed by atoms with Crippen LogP contribution in [0.15, 0.2) is 12.3 Å². The van der Waals surface area contributed by atoms with Crippen molar-refractivity contribution in [1.29, 1.82) is 0 Å². The Balaban J connectivity index is 2.37. The third-order valence-corrected chi connectivity index (χ3v) is 1.96. The molecule has 0 aromatic carbocycles. The Bertz CT molecular complexity index is 275. The Morgan fingerprint density at radius 3 is 2.86 bits per heavy atom. The van der Waals surface area contributed by atoms with Crippen molar-refractivity contribution in [1.82, 2.24) is 15.3 Å². The fourth-order valence-electron chi connectivity index (χ4n) is 1.22. The molecule has 1 heterocycles. The van der Waals surface area contributed by atoms with Crippen LogP contribution in [0.5, 0.6) is 0 Å². The molecule has 0 bridgehead atoms. The van der Waals surface area contributed by atoms with Crippen LogP contribution in [-0.4, -0.2) is 30.1 Å². The molecule has 2 N–H and O–H groups in total. The summed E-state index contributed by atoms with van der Waals surface area (Å²) < 4.78 is 0. The van der Waals surface area contributed by atoms with Crippen molar-refractivity contribution < 1.29 is 0 Å². The largest absolute Gasteiger partial charge is 0.354 e. The van der Waals surface area contributed by atoms with Gasteiger partial charge in [0.05, 0.1) is 0 Å². The Kier molecular flexibility index (Phi) is 4.32. The van der Waals surface area contributed by atoms with Crippen LogP contribution < -0.4 is 10.6 Å². The van der Waals surface area contributed by atoms with Crippen LogP contribution in [-0.2, 0) is 0 Å². The first kappa shape index (κ1) is 10.9. The van der Waals surface area contributed by atoms with Gasteiger partial charge in [-0.25, -0.2) is 9.97 Å². The zero-order chi connectivity index (χ0) is 10.4. The van der Waals surface area contributed by atoms with Crippen molar-refractivity contribution in [2.75, 3.05) is 25.5 Å². The molecule has 1 aromatic heterocycles. The van der Waals surface area contributed by atoms with Gasteiger partial charge in [-0.2, -0.15) is 0 Å². The Morgan fingerprint density at radius 1 is 1.43 bits per heavy atom. The van der Waals surface area contributed by atoms with Gasteiger partial charge in [-0.1, -0.05) is 6.92 Å². The number of nitrogens with zero attached hydrogens (tertiary/aromatic N) is 2. The third kappa shape index (κ3) is 3.70. The lowest BCUT2D eigenvalue weighted by Gasteiger charge is -2.11. The van der Waals surface area contributed by atoms with Gasteiger partial charge < -0.3 is 10.6 Å². The van der Waals surface area contributed by atoms with Crippen molar-refractivity contribution in [2.24, 2.45) is 5.92 Å². The third-order valence-electron chi connectivity index (χ3n) is 1.96. The molecule has 1 aromatic rings. The van der Waals surface area contributed by atoms with E-state index in [1.165, 1.54) is 0 Å². The van der Waals surface area contributed by atoms with E-state index in [4.69, 9.17) is 0 Å². The van der Waals surface area contributed by atoms with E-state index >= 15 is 0 Å². The summed E-state index contributed by atoms with van der Waals surface area (Å²) in [6.45, 7) is 6.03. The second-order valence-corrected chi connectivity index (χ2v) is 3.57. The van der Waals surface area contributed by atoms with Crippen LogP contribution in [0.25, 0.3) is 0 Å². The number of hydrogen-bond donors (Lipinski definition) is 2. The summed E-state index contributed by atoms with van der Waals surface area (Å²) in [4.78, 5) is 8.39. The van der Waals surface area contributed by atoms with Crippen molar-refractivity contribution in [3.05, 3.63) is 18.0 Å². The highest BCUT2D eigenvalue weighted by molar-refractivity contribution is 5.24. The maximum Gasteiger partial charge on any atom is 0.222 e. The summed E-state index contributed by atoms with van der Waals surface area (Å²) in [5.74, 6) is 1.29. The zero-order valence-corrected chi connectivity index (χ0v) is 9.04. The summed E-state index contributed by atoms with van der Waals surface area (Å²) >= 11 is 0. The van der Waals surface area contributed by atoms with E-state index in [0.29, 0.717) is 11.9 Å². The second-order valence-electron chi connectivity index (χ2n) is 3.57. The van der Waals surface area contributed by atoms with Crippen LogP contribution in [0.3, 0.4) is 0 Å². The topological polar surface area (TPSA) is 49.8 Å². The molecule has 0 spiro atoms. The highest BCUT2D eigenvalue weighted by Crippen LogP contribution is 2.00. The van der Waals surface area contributed by atoms with Gasteiger partial charge in [0, 0.05) is 18.4 Å². The number of hydrogen-bond acceptors (Lipinski definition) is 4. The maximum atomic E-state index is 4.26. The van der Waals surface area contributed by atoms with Gasteiger partial charge >= 0.3 is 0 Å².